The molecule has 3 saturated carbocycles. The zero-order valence-electron chi connectivity index (χ0n) is 14.8. The van der Waals surface area contributed by atoms with Crippen molar-refractivity contribution >= 4 is 0 Å². The van der Waals surface area contributed by atoms with Crippen molar-refractivity contribution in [3.8, 4) is 0 Å². The van der Waals surface area contributed by atoms with E-state index < -0.39 is 0 Å². The minimum absolute atomic E-state index is 0.0688. The first kappa shape index (κ1) is 15.2. The summed E-state index contributed by atoms with van der Waals surface area (Å²) < 4.78 is 0. The van der Waals surface area contributed by atoms with Crippen LogP contribution in [0.15, 0.2) is 11.6 Å². The van der Waals surface area contributed by atoms with E-state index in [1.165, 1.54) is 44.9 Å². The average molecular weight is 303 g/mol. The molecule has 0 heterocycles. The van der Waals surface area contributed by atoms with Gasteiger partial charge in [-0.2, -0.15) is 0 Å². The molecule has 0 saturated heterocycles. The minimum atomic E-state index is -0.0688. The highest BCUT2D eigenvalue weighted by Crippen LogP contribution is 2.66. The summed E-state index contributed by atoms with van der Waals surface area (Å²) in [7, 11) is 0. The number of aliphatic hydroxyl groups is 1. The van der Waals surface area contributed by atoms with Crippen LogP contribution in [0.1, 0.15) is 78.6 Å². The fraction of sp³-hybridized carbons (Fsp3) is 0.905. The van der Waals surface area contributed by atoms with Gasteiger partial charge in [-0.3, -0.25) is 0 Å². The van der Waals surface area contributed by atoms with E-state index in [0.717, 1.165) is 36.5 Å². The molecule has 4 rings (SSSR count). The monoisotopic (exact) mass is 302 g/mol. The van der Waals surface area contributed by atoms with E-state index in [9.17, 15) is 5.11 Å². The normalized spacial score (nSPS) is 54.2. The fourth-order valence-corrected chi connectivity index (χ4v) is 7.42. The Kier molecular flexibility index (Phi) is 3.53. The lowest BCUT2D eigenvalue weighted by Crippen LogP contribution is -2.50. The van der Waals surface area contributed by atoms with Crippen LogP contribution in [0.25, 0.3) is 0 Å². The van der Waals surface area contributed by atoms with Crippen LogP contribution in [0.5, 0.6) is 0 Å². The predicted molar refractivity (Wildman–Crippen MR) is 91.5 cm³/mol. The molecule has 0 aromatic rings. The van der Waals surface area contributed by atoms with E-state index in [0.29, 0.717) is 10.8 Å². The van der Waals surface area contributed by atoms with Crippen LogP contribution in [0.3, 0.4) is 0 Å². The van der Waals surface area contributed by atoms with Crippen LogP contribution < -0.4 is 0 Å². The quantitative estimate of drug-likeness (QED) is 0.648. The molecule has 0 spiro atoms. The van der Waals surface area contributed by atoms with Crippen LogP contribution in [0.4, 0.5) is 0 Å². The number of hydrogen-bond acceptors (Lipinski definition) is 1. The third-order valence-corrected chi connectivity index (χ3v) is 8.77. The van der Waals surface area contributed by atoms with E-state index in [-0.39, 0.29) is 6.10 Å². The van der Waals surface area contributed by atoms with Crippen molar-refractivity contribution in [1.29, 1.82) is 0 Å². The first-order valence-electron chi connectivity index (χ1n) is 9.86. The highest BCUT2D eigenvalue weighted by Gasteiger charge is 2.57. The Hall–Kier alpha value is -0.300. The van der Waals surface area contributed by atoms with Crippen LogP contribution >= 0.6 is 0 Å². The summed E-state index contributed by atoms with van der Waals surface area (Å²) in [6, 6.07) is 0. The molecule has 1 N–H and O–H groups in total. The summed E-state index contributed by atoms with van der Waals surface area (Å²) in [6.07, 6.45) is 14.3. The molecule has 0 unspecified atom stereocenters. The van der Waals surface area contributed by atoms with Gasteiger partial charge >= 0.3 is 0 Å². The maximum absolute atomic E-state index is 10.1. The zero-order valence-corrected chi connectivity index (χ0v) is 14.8. The van der Waals surface area contributed by atoms with Crippen molar-refractivity contribution in [1.82, 2.24) is 0 Å². The maximum atomic E-state index is 10.1. The lowest BCUT2D eigenvalue weighted by Gasteiger charge is -2.58. The second-order valence-corrected chi connectivity index (χ2v) is 9.38. The molecule has 0 radical (unpaired) electrons. The number of fused-ring (bicyclic) bond motifs is 5. The van der Waals surface area contributed by atoms with Crippen molar-refractivity contribution in [3.05, 3.63) is 11.6 Å². The second kappa shape index (κ2) is 5.10. The number of aliphatic hydroxyl groups excluding tert-OH is 1. The summed E-state index contributed by atoms with van der Waals surface area (Å²) in [4.78, 5) is 0. The number of rotatable bonds is 1. The van der Waals surface area contributed by atoms with E-state index in [2.05, 4.69) is 26.8 Å². The second-order valence-electron chi connectivity index (χ2n) is 9.38. The molecular weight excluding hydrogens is 268 g/mol. The highest BCUT2D eigenvalue weighted by molar-refractivity contribution is 5.25. The topological polar surface area (TPSA) is 20.2 Å². The van der Waals surface area contributed by atoms with Gasteiger partial charge in [-0.25, -0.2) is 0 Å². The average Bonchev–Trinajstić information content (AvgIpc) is 2.84. The van der Waals surface area contributed by atoms with Gasteiger partial charge in [0.05, 0.1) is 6.10 Å². The van der Waals surface area contributed by atoms with Crippen molar-refractivity contribution in [2.45, 2.75) is 84.7 Å². The van der Waals surface area contributed by atoms with Gasteiger partial charge < -0.3 is 5.11 Å². The molecule has 7 atom stereocenters. The largest absolute Gasteiger partial charge is 0.393 e. The van der Waals surface area contributed by atoms with Gasteiger partial charge in [-0.15, -0.1) is 0 Å². The van der Waals surface area contributed by atoms with Crippen LogP contribution in [-0.2, 0) is 0 Å². The molecule has 4 aliphatic rings. The van der Waals surface area contributed by atoms with Crippen molar-refractivity contribution in [3.63, 3.8) is 0 Å². The smallest absolute Gasteiger partial charge is 0.0577 e. The molecule has 1 heteroatoms. The number of allylic oxidation sites excluding steroid dienone is 1. The van der Waals surface area contributed by atoms with Gasteiger partial charge in [-0.1, -0.05) is 38.8 Å². The van der Waals surface area contributed by atoms with Gasteiger partial charge in [-0.05, 0) is 85.9 Å². The van der Waals surface area contributed by atoms with Gasteiger partial charge in [0.15, 0.2) is 0 Å². The standard InChI is InChI=1S/C21H34O/c1-4-14-6-8-18-17-7-5-15-13-16(22)9-11-21(15,3)19(17)10-12-20(14,18)2/h5,14,16-19,22H,4,6-13H2,1-3H3/t14-,16-,17-,18-,19-,20-,21-/m0/s1. The molecule has 22 heavy (non-hydrogen) atoms. The first-order valence-corrected chi connectivity index (χ1v) is 9.86. The van der Waals surface area contributed by atoms with Crippen LogP contribution in [0.2, 0.25) is 0 Å². The fourth-order valence-electron chi connectivity index (χ4n) is 7.42. The zero-order chi connectivity index (χ0) is 15.5. The molecule has 3 fully saturated rings. The van der Waals surface area contributed by atoms with Gasteiger partial charge in [0.25, 0.3) is 0 Å². The summed E-state index contributed by atoms with van der Waals surface area (Å²) in [5, 5.41) is 10.1. The summed E-state index contributed by atoms with van der Waals surface area (Å²) >= 11 is 0. The minimum Gasteiger partial charge on any atom is -0.393 e. The molecule has 124 valence electrons. The summed E-state index contributed by atoms with van der Waals surface area (Å²) in [6.45, 7) is 7.57. The Morgan fingerprint density at radius 2 is 1.91 bits per heavy atom. The lowest BCUT2D eigenvalue weighted by molar-refractivity contribution is -0.0500. The predicted octanol–water partition coefficient (Wildman–Crippen LogP) is 5.34. The molecule has 4 aliphatic carbocycles. The maximum Gasteiger partial charge on any atom is 0.0577 e. The molecule has 0 aromatic heterocycles. The third kappa shape index (κ3) is 1.93. The Balaban J connectivity index is 1.66. The molecule has 0 aliphatic heterocycles. The number of hydrogen-bond donors (Lipinski definition) is 1. The first-order chi connectivity index (χ1) is 10.5. The molecule has 0 amide bonds. The Labute approximate surface area is 136 Å². The van der Waals surface area contributed by atoms with Crippen LogP contribution in [-0.4, -0.2) is 11.2 Å². The van der Waals surface area contributed by atoms with E-state index in [1.807, 2.05) is 0 Å². The Morgan fingerprint density at radius 3 is 2.68 bits per heavy atom. The van der Waals surface area contributed by atoms with Crippen molar-refractivity contribution in [2.75, 3.05) is 0 Å². The molecule has 1 nitrogen and oxygen atoms in total. The lowest BCUT2D eigenvalue weighted by atomic mass is 9.47. The van der Waals surface area contributed by atoms with Crippen LogP contribution in [0, 0.1) is 34.5 Å². The van der Waals surface area contributed by atoms with Gasteiger partial charge in [0.2, 0.25) is 0 Å². The summed E-state index contributed by atoms with van der Waals surface area (Å²) in [5.41, 5.74) is 2.65. The van der Waals surface area contributed by atoms with Gasteiger partial charge in [0.1, 0.15) is 0 Å². The van der Waals surface area contributed by atoms with Crippen molar-refractivity contribution < 1.29 is 5.11 Å². The highest BCUT2D eigenvalue weighted by atomic mass is 16.3. The summed E-state index contributed by atoms with van der Waals surface area (Å²) in [5.74, 6) is 3.77. The third-order valence-electron chi connectivity index (χ3n) is 8.77. The van der Waals surface area contributed by atoms with E-state index >= 15 is 0 Å². The van der Waals surface area contributed by atoms with E-state index in [1.54, 1.807) is 5.57 Å². The molecule has 0 aromatic carbocycles. The molecular formula is C21H34O. The Morgan fingerprint density at radius 1 is 1.09 bits per heavy atom. The molecule has 0 bridgehead atoms. The van der Waals surface area contributed by atoms with E-state index in [4.69, 9.17) is 0 Å². The van der Waals surface area contributed by atoms with Crippen molar-refractivity contribution in [2.24, 2.45) is 34.5 Å². The van der Waals surface area contributed by atoms with Gasteiger partial charge in [0, 0.05) is 0 Å². The Bertz CT molecular complexity index is 480. The SMILES string of the molecule is CC[C@H]1CC[C@H]2[C@@H]3CC=C4C[C@@H](O)CC[C@]4(C)[C@H]3CC[C@@]12C.